The van der Waals surface area contributed by atoms with Crippen LogP contribution in [0.4, 0.5) is 0 Å². The number of carbonyl (C=O) groups is 1. The van der Waals surface area contributed by atoms with Gasteiger partial charge in [-0.1, -0.05) is 74.9 Å². The van der Waals surface area contributed by atoms with Crippen molar-refractivity contribution in [2.24, 2.45) is 5.84 Å². The van der Waals surface area contributed by atoms with E-state index in [0.717, 1.165) is 42.4 Å². The molecule has 0 spiro atoms. The Morgan fingerprint density at radius 1 is 0.912 bits per heavy atom. The summed E-state index contributed by atoms with van der Waals surface area (Å²) in [6, 6.07) is 13.5. The molecule has 0 atom stereocenters. The zero-order valence-corrected chi connectivity index (χ0v) is 20.4. The van der Waals surface area contributed by atoms with Crippen LogP contribution in [-0.2, 0) is 11.0 Å². The predicted molar refractivity (Wildman–Crippen MR) is 135 cm³/mol. The Kier molecular flexibility index (Phi) is 14.1. The van der Waals surface area contributed by atoms with Crippen molar-refractivity contribution in [3.05, 3.63) is 66.2 Å². The fourth-order valence-electron chi connectivity index (χ4n) is 3.60. The van der Waals surface area contributed by atoms with Gasteiger partial charge in [-0.15, -0.1) is 6.58 Å². The summed E-state index contributed by atoms with van der Waals surface area (Å²) in [5.41, 5.74) is 5.08. The lowest BCUT2D eigenvalue weighted by Gasteiger charge is -2.13. The number of rotatable bonds is 13. The first-order chi connectivity index (χ1) is 16.2. The number of amides is 1. The molecule has 0 fully saturated rings. The SMILES string of the molecule is C=CCCCCCCCCCCc1cc(-c2ccccc2)cc(C(=O)NN)c1O.O=P(O)(O)O. The highest BCUT2D eigenvalue weighted by molar-refractivity contribution is 7.45. The van der Waals surface area contributed by atoms with E-state index >= 15 is 0 Å². The summed E-state index contributed by atoms with van der Waals surface area (Å²) in [6.45, 7) is 3.76. The first kappa shape index (κ1) is 29.6. The molecule has 34 heavy (non-hydrogen) atoms. The Balaban J connectivity index is 0.00000104. The molecule has 1 amide bonds. The summed E-state index contributed by atoms with van der Waals surface area (Å²) in [5.74, 6) is 4.87. The molecule has 8 nitrogen and oxygen atoms in total. The third kappa shape index (κ3) is 12.7. The number of nitrogens with two attached hydrogens (primary N) is 1. The van der Waals surface area contributed by atoms with Crippen LogP contribution in [-0.4, -0.2) is 25.7 Å². The third-order valence-electron chi connectivity index (χ3n) is 5.28. The van der Waals surface area contributed by atoms with Gasteiger partial charge in [0.25, 0.3) is 5.91 Å². The molecule has 0 bridgehead atoms. The second-order valence-corrected chi connectivity index (χ2v) is 9.07. The van der Waals surface area contributed by atoms with E-state index in [1.54, 1.807) is 6.07 Å². The summed E-state index contributed by atoms with van der Waals surface area (Å²) in [4.78, 5) is 33.7. The van der Waals surface area contributed by atoms with Gasteiger partial charge in [0.05, 0.1) is 5.56 Å². The van der Waals surface area contributed by atoms with Crippen LogP contribution in [0.2, 0.25) is 0 Å². The maximum atomic E-state index is 12.1. The molecule has 2 rings (SSSR count). The molecule has 2 aromatic rings. The summed E-state index contributed by atoms with van der Waals surface area (Å²) < 4.78 is 8.88. The summed E-state index contributed by atoms with van der Waals surface area (Å²) >= 11 is 0. The van der Waals surface area contributed by atoms with Crippen LogP contribution in [0, 0.1) is 0 Å². The molecule has 0 aliphatic heterocycles. The van der Waals surface area contributed by atoms with Gasteiger partial charge < -0.3 is 19.8 Å². The van der Waals surface area contributed by atoms with Crippen molar-refractivity contribution in [3.8, 4) is 16.9 Å². The van der Waals surface area contributed by atoms with Crippen LogP contribution in [0.1, 0.15) is 73.7 Å². The molecule has 0 heterocycles. The van der Waals surface area contributed by atoms with Gasteiger partial charge in [-0.05, 0) is 54.5 Å². The lowest BCUT2D eigenvalue weighted by molar-refractivity contribution is 0.0950. The molecule has 0 radical (unpaired) electrons. The lowest BCUT2D eigenvalue weighted by atomic mass is 9.95. The molecule has 0 aliphatic rings. The molecule has 9 heteroatoms. The number of carbonyl (C=O) groups excluding carboxylic acids is 1. The van der Waals surface area contributed by atoms with E-state index in [1.165, 1.54) is 38.5 Å². The molecule has 7 N–H and O–H groups in total. The monoisotopic (exact) mass is 492 g/mol. The topological polar surface area (TPSA) is 153 Å². The maximum absolute atomic E-state index is 12.1. The van der Waals surface area contributed by atoms with Gasteiger partial charge in [0.1, 0.15) is 5.75 Å². The smallest absolute Gasteiger partial charge is 0.466 e. The van der Waals surface area contributed by atoms with Crippen LogP contribution < -0.4 is 11.3 Å². The number of phenols is 1. The van der Waals surface area contributed by atoms with Crippen molar-refractivity contribution in [2.45, 2.75) is 64.2 Å². The molecule has 2 aromatic carbocycles. The molecule has 0 aromatic heterocycles. The van der Waals surface area contributed by atoms with E-state index < -0.39 is 13.7 Å². The van der Waals surface area contributed by atoms with E-state index in [4.69, 9.17) is 25.1 Å². The molecule has 188 valence electrons. The van der Waals surface area contributed by atoms with Gasteiger partial charge >= 0.3 is 7.82 Å². The zero-order valence-electron chi connectivity index (χ0n) is 19.5. The fraction of sp³-hybridized carbons (Fsp3) is 0.400. The molecule has 0 saturated heterocycles. The van der Waals surface area contributed by atoms with Crippen LogP contribution in [0.3, 0.4) is 0 Å². The summed E-state index contributed by atoms with van der Waals surface area (Å²) in [5, 5.41) is 10.6. The highest BCUT2D eigenvalue weighted by Gasteiger charge is 2.16. The predicted octanol–water partition coefficient (Wildman–Crippen LogP) is 4.97. The number of hydrazine groups is 1. The Hall–Kier alpha value is -2.48. The van der Waals surface area contributed by atoms with E-state index in [0.29, 0.717) is 0 Å². The average Bonchev–Trinajstić information content (AvgIpc) is 2.80. The number of phenolic OH excluding ortho intramolecular Hbond substituents is 1. The summed E-state index contributed by atoms with van der Waals surface area (Å²) in [7, 11) is -4.64. The van der Waals surface area contributed by atoms with Crippen LogP contribution in [0.15, 0.2) is 55.1 Å². The maximum Gasteiger partial charge on any atom is 0.466 e. The standard InChI is InChI=1S/C25H34N2O2.H3O4P/c1-2-3-4-5-6-7-8-9-10-12-17-21-18-22(20-15-13-11-14-16-20)19-23(24(21)28)25(29)27-26;1-5(2,3)4/h2,11,13-16,18-19,28H,1,3-10,12,17,26H2,(H,27,29);(H3,1,2,3,4). The number of hydrogen-bond acceptors (Lipinski definition) is 4. The number of unbranched alkanes of at least 4 members (excludes halogenated alkanes) is 8. The Morgan fingerprint density at radius 3 is 1.97 bits per heavy atom. The van der Waals surface area contributed by atoms with Crippen molar-refractivity contribution in [1.82, 2.24) is 5.43 Å². The minimum Gasteiger partial charge on any atom is -0.507 e. The van der Waals surface area contributed by atoms with E-state index in [9.17, 15) is 9.90 Å². The van der Waals surface area contributed by atoms with Crippen LogP contribution >= 0.6 is 7.82 Å². The van der Waals surface area contributed by atoms with Crippen molar-refractivity contribution in [3.63, 3.8) is 0 Å². The Bertz CT molecular complexity index is 922. The minimum atomic E-state index is -4.64. The number of allylic oxidation sites excluding steroid dienone is 1. The van der Waals surface area contributed by atoms with E-state index in [-0.39, 0.29) is 11.3 Å². The van der Waals surface area contributed by atoms with Gasteiger partial charge in [0, 0.05) is 0 Å². The number of aryl methyl sites for hydroxylation is 1. The molecular formula is C25H37N2O6P. The fourth-order valence-corrected chi connectivity index (χ4v) is 3.60. The number of phosphoric acid groups is 1. The van der Waals surface area contributed by atoms with Gasteiger partial charge in [-0.3, -0.25) is 10.2 Å². The molecular weight excluding hydrogens is 455 g/mol. The van der Waals surface area contributed by atoms with Gasteiger partial charge in [0.15, 0.2) is 0 Å². The highest BCUT2D eigenvalue weighted by atomic mass is 31.2. The van der Waals surface area contributed by atoms with Gasteiger partial charge in [-0.2, -0.15) is 0 Å². The first-order valence-corrected chi connectivity index (χ1v) is 13.0. The molecule has 0 saturated carbocycles. The first-order valence-electron chi connectivity index (χ1n) is 11.5. The minimum absolute atomic E-state index is 0.0369. The number of benzene rings is 2. The van der Waals surface area contributed by atoms with Crippen molar-refractivity contribution in [2.75, 3.05) is 0 Å². The Labute approximate surface area is 201 Å². The largest absolute Gasteiger partial charge is 0.507 e. The number of hydrogen-bond donors (Lipinski definition) is 6. The van der Waals surface area contributed by atoms with Crippen LogP contribution in [0.5, 0.6) is 5.75 Å². The number of nitrogen functional groups attached to an aromatic ring is 1. The normalized spacial score (nSPS) is 10.8. The second kappa shape index (κ2) is 16.2. The van der Waals surface area contributed by atoms with E-state index in [2.05, 4.69) is 12.0 Å². The molecule has 0 unspecified atom stereocenters. The second-order valence-electron chi connectivity index (χ2n) is 8.04. The average molecular weight is 493 g/mol. The van der Waals surface area contributed by atoms with Crippen molar-refractivity contribution >= 4 is 13.7 Å². The van der Waals surface area contributed by atoms with Crippen molar-refractivity contribution in [1.29, 1.82) is 0 Å². The van der Waals surface area contributed by atoms with Crippen LogP contribution in [0.25, 0.3) is 11.1 Å². The Morgan fingerprint density at radius 2 is 1.44 bits per heavy atom. The quantitative estimate of drug-likeness (QED) is 0.0576. The lowest BCUT2D eigenvalue weighted by Crippen LogP contribution is -2.30. The zero-order chi connectivity index (χ0) is 25.4. The molecule has 0 aliphatic carbocycles. The number of nitrogens with one attached hydrogen (secondary N) is 1. The summed E-state index contributed by atoms with van der Waals surface area (Å²) in [6.07, 6.45) is 13.6. The van der Waals surface area contributed by atoms with E-state index in [1.807, 2.05) is 42.5 Å². The third-order valence-corrected chi connectivity index (χ3v) is 5.28. The number of aromatic hydroxyl groups is 1. The van der Waals surface area contributed by atoms with Gasteiger partial charge in [0.2, 0.25) is 0 Å². The van der Waals surface area contributed by atoms with Crippen molar-refractivity contribution < 1.29 is 29.1 Å². The highest BCUT2D eigenvalue weighted by Crippen LogP contribution is 2.31. The van der Waals surface area contributed by atoms with Gasteiger partial charge in [-0.25, -0.2) is 10.4 Å².